The van der Waals surface area contributed by atoms with Crippen LogP contribution in [0.15, 0.2) is 24.3 Å². The first-order valence-corrected chi connectivity index (χ1v) is 8.21. The number of benzene rings is 1. The minimum atomic E-state index is -3.83. The molecule has 0 aliphatic carbocycles. The second-order valence-corrected chi connectivity index (χ2v) is 7.78. The lowest BCUT2D eigenvalue weighted by Gasteiger charge is -2.18. The highest BCUT2D eigenvalue weighted by molar-refractivity contribution is 7.92. The summed E-state index contributed by atoms with van der Waals surface area (Å²) in [6.07, 6.45) is 0. The third-order valence-corrected chi connectivity index (χ3v) is 4.75. The van der Waals surface area contributed by atoms with Crippen molar-refractivity contribution in [3.05, 3.63) is 29.3 Å². The molecular weight excluding hydrogens is 318 g/mol. The molecule has 0 radical (unpaired) electrons. The fourth-order valence-corrected chi connectivity index (χ4v) is 3.52. The summed E-state index contributed by atoms with van der Waals surface area (Å²) < 4.78 is 23.7. The number of carbonyl (C=O) groups excluding carboxylic acids is 1. The zero-order chi connectivity index (χ0) is 16.3. The molecule has 8 heteroatoms. The summed E-state index contributed by atoms with van der Waals surface area (Å²) >= 11 is 5.69. The van der Waals surface area contributed by atoms with Crippen molar-refractivity contribution in [1.82, 2.24) is 0 Å². The average molecular weight is 334 g/mol. The molecule has 0 aliphatic rings. The van der Waals surface area contributed by atoms with Crippen molar-refractivity contribution in [3.8, 4) is 0 Å². The first kappa shape index (κ1) is 17.5. The minimum Gasteiger partial charge on any atom is -0.481 e. The SMILES string of the molecule is CC(C)(CS(=O)(=O)CC(=O)Nc1ccc(Cl)cc1)C(=O)O. The van der Waals surface area contributed by atoms with Crippen LogP contribution in [0.2, 0.25) is 5.02 Å². The van der Waals surface area contributed by atoms with E-state index in [0.29, 0.717) is 10.7 Å². The molecule has 0 aromatic heterocycles. The van der Waals surface area contributed by atoms with Gasteiger partial charge in [-0.05, 0) is 38.1 Å². The van der Waals surface area contributed by atoms with E-state index in [4.69, 9.17) is 16.7 Å². The molecule has 21 heavy (non-hydrogen) atoms. The molecule has 0 fully saturated rings. The first-order valence-electron chi connectivity index (χ1n) is 6.01. The normalized spacial score (nSPS) is 12.0. The minimum absolute atomic E-state index is 0.414. The van der Waals surface area contributed by atoms with Gasteiger partial charge in [0.15, 0.2) is 9.84 Å². The van der Waals surface area contributed by atoms with Gasteiger partial charge in [0, 0.05) is 10.7 Å². The molecule has 116 valence electrons. The van der Waals surface area contributed by atoms with Crippen molar-refractivity contribution in [2.45, 2.75) is 13.8 Å². The van der Waals surface area contributed by atoms with Gasteiger partial charge in [-0.25, -0.2) is 8.42 Å². The van der Waals surface area contributed by atoms with Crippen LogP contribution in [0, 0.1) is 5.41 Å². The number of aliphatic carboxylic acids is 1. The summed E-state index contributed by atoms with van der Waals surface area (Å²) in [6.45, 7) is 2.59. The van der Waals surface area contributed by atoms with E-state index < -0.39 is 38.6 Å². The number of amides is 1. The van der Waals surface area contributed by atoms with Gasteiger partial charge < -0.3 is 10.4 Å². The fourth-order valence-electron chi connectivity index (χ4n) is 1.59. The summed E-state index contributed by atoms with van der Waals surface area (Å²) in [5.74, 6) is -3.34. The molecule has 0 aliphatic heterocycles. The van der Waals surface area contributed by atoms with Gasteiger partial charge in [0.25, 0.3) is 0 Å². The Labute approximate surface area is 128 Å². The number of rotatable bonds is 6. The van der Waals surface area contributed by atoms with Crippen LogP contribution in [-0.2, 0) is 19.4 Å². The van der Waals surface area contributed by atoms with E-state index in [-0.39, 0.29) is 0 Å². The van der Waals surface area contributed by atoms with Gasteiger partial charge in [-0.3, -0.25) is 9.59 Å². The van der Waals surface area contributed by atoms with Crippen molar-refractivity contribution >= 4 is 39.0 Å². The summed E-state index contributed by atoms with van der Waals surface area (Å²) in [5.41, 5.74) is -1.03. The van der Waals surface area contributed by atoms with Crippen LogP contribution in [0.4, 0.5) is 5.69 Å². The third kappa shape index (κ3) is 5.73. The maximum Gasteiger partial charge on any atom is 0.310 e. The van der Waals surface area contributed by atoms with Gasteiger partial charge in [-0.1, -0.05) is 11.6 Å². The van der Waals surface area contributed by atoms with Crippen LogP contribution >= 0.6 is 11.6 Å². The maximum atomic E-state index is 11.9. The zero-order valence-corrected chi connectivity index (χ0v) is 13.2. The topological polar surface area (TPSA) is 101 Å². The Morgan fingerprint density at radius 3 is 2.24 bits per heavy atom. The van der Waals surface area contributed by atoms with Crippen molar-refractivity contribution in [2.75, 3.05) is 16.8 Å². The summed E-state index contributed by atoms with van der Waals surface area (Å²) in [7, 11) is -3.83. The maximum absolute atomic E-state index is 11.9. The largest absolute Gasteiger partial charge is 0.481 e. The predicted molar refractivity (Wildman–Crippen MR) is 80.2 cm³/mol. The number of sulfone groups is 1. The molecule has 0 atom stereocenters. The molecule has 0 saturated carbocycles. The molecule has 1 aromatic carbocycles. The number of halogens is 1. The number of carbonyl (C=O) groups is 2. The predicted octanol–water partition coefficient (Wildman–Crippen LogP) is 1.80. The average Bonchev–Trinajstić information content (AvgIpc) is 2.29. The number of nitrogens with one attached hydrogen (secondary N) is 1. The summed E-state index contributed by atoms with van der Waals surface area (Å²) in [5, 5.41) is 11.8. The van der Waals surface area contributed by atoms with Crippen LogP contribution in [0.1, 0.15) is 13.8 Å². The Balaban J connectivity index is 2.69. The molecule has 0 bridgehead atoms. The van der Waals surface area contributed by atoms with E-state index in [1.807, 2.05) is 0 Å². The van der Waals surface area contributed by atoms with Crippen LogP contribution in [0.3, 0.4) is 0 Å². The Kier molecular flexibility index (Phi) is 5.36. The molecule has 0 spiro atoms. The van der Waals surface area contributed by atoms with Crippen molar-refractivity contribution in [1.29, 1.82) is 0 Å². The van der Waals surface area contributed by atoms with Crippen molar-refractivity contribution < 1.29 is 23.1 Å². The van der Waals surface area contributed by atoms with Crippen LogP contribution in [-0.4, -0.2) is 36.9 Å². The fraction of sp³-hybridized carbons (Fsp3) is 0.385. The molecule has 0 saturated heterocycles. The molecule has 6 nitrogen and oxygen atoms in total. The van der Waals surface area contributed by atoms with E-state index in [0.717, 1.165) is 0 Å². The second-order valence-electron chi connectivity index (χ2n) is 5.28. The smallest absolute Gasteiger partial charge is 0.310 e. The summed E-state index contributed by atoms with van der Waals surface area (Å²) in [6, 6.07) is 6.18. The van der Waals surface area contributed by atoms with Crippen molar-refractivity contribution in [2.24, 2.45) is 5.41 Å². The Morgan fingerprint density at radius 1 is 1.24 bits per heavy atom. The molecule has 1 amide bonds. The summed E-state index contributed by atoms with van der Waals surface area (Å²) in [4.78, 5) is 22.6. The number of carboxylic acid groups (broad SMARTS) is 1. The van der Waals surface area contributed by atoms with Gasteiger partial charge in [0.05, 0.1) is 11.2 Å². The lowest BCUT2D eigenvalue weighted by atomic mass is 9.97. The van der Waals surface area contributed by atoms with Gasteiger partial charge in [-0.2, -0.15) is 0 Å². The lowest BCUT2D eigenvalue weighted by molar-refractivity contribution is -0.145. The van der Waals surface area contributed by atoms with E-state index >= 15 is 0 Å². The molecule has 0 unspecified atom stereocenters. The standard InChI is InChI=1S/C13H16ClNO5S/c1-13(2,12(17)18)8-21(19,20)7-11(16)15-10-5-3-9(14)4-6-10/h3-6H,7-8H2,1-2H3,(H,15,16)(H,17,18). The molecule has 1 aromatic rings. The molecular formula is C13H16ClNO5S. The Bertz CT molecular complexity index is 637. The number of hydrogen-bond acceptors (Lipinski definition) is 4. The number of anilines is 1. The van der Waals surface area contributed by atoms with Gasteiger partial charge in [-0.15, -0.1) is 0 Å². The lowest BCUT2D eigenvalue weighted by Crippen LogP contribution is -2.35. The van der Waals surface area contributed by atoms with Crippen LogP contribution < -0.4 is 5.32 Å². The Morgan fingerprint density at radius 2 is 1.76 bits per heavy atom. The van der Waals surface area contributed by atoms with E-state index in [1.54, 1.807) is 12.1 Å². The van der Waals surface area contributed by atoms with E-state index in [9.17, 15) is 18.0 Å². The zero-order valence-electron chi connectivity index (χ0n) is 11.6. The van der Waals surface area contributed by atoms with Crippen LogP contribution in [0.5, 0.6) is 0 Å². The monoisotopic (exact) mass is 333 g/mol. The van der Waals surface area contributed by atoms with Crippen molar-refractivity contribution in [3.63, 3.8) is 0 Å². The third-order valence-electron chi connectivity index (χ3n) is 2.64. The van der Waals surface area contributed by atoms with Crippen LogP contribution in [0.25, 0.3) is 0 Å². The highest BCUT2D eigenvalue weighted by Crippen LogP contribution is 2.19. The van der Waals surface area contributed by atoms with Gasteiger partial charge >= 0.3 is 5.97 Å². The van der Waals surface area contributed by atoms with E-state index in [1.165, 1.54) is 26.0 Å². The Hall–Kier alpha value is -1.60. The van der Waals surface area contributed by atoms with Gasteiger partial charge in [0.1, 0.15) is 5.75 Å². The molecule has 1 rings (SSSR count). The van der Waals surface area contributed by atoms with E-state index in [2.05, 4.69) is 5.32 Å². The number of hydrogen-bond donors (Lipinski definition) is 2. The quantitative estimate of drug-likeness (QED) is 0.826. The second kappa shape index (κ2) is 6.44. The number of carboxylic acids is 1. The first-order chi connectivity index (χ1) is 9.52. The molecule has 2 N–H and O–H groups in total. The van der Waals surface area contributed by atoms with Gasteiger partial charge in [0.2, 0.25) is 5.91 Å². The molecule has 0 heterocycles. The highest BCUT2D eigenvalue weighted by atomic mass is 35.5. The highest BCUT2D eigenvalue weighted by Gasteiger charge is 2.34.